The molecule has 6 aromatic carbocycles. The number of thiophene rings is 1. The number of hydrogen-bond donors (Lipinski definition) is 1. The lowest BCUT2D eigenvalue weighted by atomic mass is 9.97. The maximum atomic E-state index is 9.17. The molecule has 8 rings (SSSR count). The lowest BCUT2D eigenvalue weighted by molar-refractivity contribution is 0.871. The minimum Gasteiger partial charge on any atom is -0.320 e. The molecule has 0 aliphatic heterocycles. The van der Waals surface area contributed by atoms with Crippen LogP contribution >= 0.6 is 11.3 Å². The van der Waals surface area contributed by atoms with Crippen LogP contribution in [0.4, 0.5) is 5.69 Å². The Morgan fingerprint density at radius 1 is 0.727 bits per heavy atom. The van der Waals surface area contributed by atoms with Crippen molar-refractivity contribution in [2.75, 3.05) is 0 Å². The summed E-state index contributed by atoms with van der Waals surface area (Å²) in [6, 6.07) is 47.6. The Labute approximate surface area is 258 Å². The fourth-order valence-corrected chi connectivity index (χ4v) is 7.44. The van der Waals surface area contributed by atoms with Gasteiger partial charge >= 0.3 is 0 Å². The van der Waals surface area contributed by atoms with E-state index < -0.39 is 0 Å². The van der Waals surface area contributed by atoms with E-state index >= 15 is 0 Å². The molecule has 0 amide bonds. The summed E-state index contributed by atoms with van der Waals surface area (Å²) in [6.45, 7) is 0. The van der Waals surface area contributed by atoms with E-state index in [4.69, 9.17) is 16.0 Å². The molecule has 2 aromatic heterocycles. The van der Waals surface area contributed by atoms with Gasteiger partial charge in [-0.3, -0.25) is 4.99 Å². The van der Waals surface area contributed by atoms with E-state index in [1.54, 1.807) is 12.1 Å². The topological polar surface area (TPSA) is 67.1 Å². The number of para-hydroxylation sites is 2. The van der Waals surface area contributed by atoms with Gasteiger partial charge in [-0.2, -0.15) is 5.26 Å². The van der Waals surface area contributed by atoms with Crippen molar-refractivity contribution < 1.29 is 0 Å². The SMILES string of the molecule is N#Cc1ccc(C(N)c2ccccc2/N=C/c2cccc(-n3c4ccccc4c4ccc5c6ccccc6sc5c43)c2)cc1. The van der Waals surface area contributed by atoms with Crippen molar-refractivity contribution in [3.63, 3.8) is 0 Å². The Morgan fingerprint density at radius 3 is 2.34 bits per heavy atom. The fourth-order valence-electron chi connectivity index (χ4n) is 6.20. The summed E-state index contributed by atoms with van der Waals surface area (Å²) < 4.78 is 4.99. The van der Waals surface area contributed by atoms with Gasteiger partial charge < -0.3 is 10.3 Å². The van der Waals surface area contributed by atoms with Crippen LogP contribution in [0.2, 0.25) is 0 Å². The molecule has 2 heterocycles. The molecule has 1 unspecified atom stereocenters. The first kappa shape index (κ1) is 26.1. The summed E-state index contributed by atoms with van der Waals surface area (Å²) in [5, 5.41) is 14.2. The molecule has 0 fully saturated rings. The third-order valence-electron chi connectivity index (χ3n) is 8.33. The van der Waals surface area contributed by atoms with Crippen LogP contribution in [0.15, 0.2) is 138 Å². The van der Waals surface area contributed by atoms with Gasteiger partial charge in [-0.05, 0) is 59.2 Å². The first-order chi connectivity index (χ1) is 21.7. The molecule has 0 aliphatic rings. The summed E-state index contributed by atoms with van der Waals surface area (Å²) in [7, 11) is 0. The highest BCUT2D eigenvalue weighted by molar-refractivity contribution is 7.26. The van der Waals surface area contributed by atoms with Crippen molar-refractivity contribution >= 4 is 65.2 Å². The maximum Gasteiger partial charge on any atom is 0.0991 e. The zero-order chi connectivity index (χ0) is 29.6. The van der Waals surface area contributed by atoms with Crippen LogP contribution in [0, 0.1) is 11.3 Å². The van der Waals surface area contributed by atoms with Crippen molar-refractivity contribution in [3.05, 3.63) is 156 Å². The lowest BCUT2D eigenvalue weighted by Crippen LogP contribution is -2.12. The summed E-state index contributed by atoms with van der Waals surface area (Å²) in [4.78, 5) is 4.92. The smallest absolute Gasteiger partial charge is 0.0991 e. The van der Waals surface area contributed by atoms with E-state index in [2.05, 4.69) is 95.6 Å². The first-order valence-corrected chi connectivity index (χ1v) is 15.3. The molecule has 1 atom stereocenters. The van der Waals surface area contributed by atoms with E-state index in [0.29, 0.717) is 5.56 Å². The average Bonchev–Trinajstić information content (AvgIpc) is 3.63. The Balaban J connectivity index is 1.24. The Morgan fingerprint density at radius 2 is 1.48 bits per heavy atom. The third kappa shape index (κ3) is 4.28. The monoisotopic (exact) mass is 582 g/mol. The minimum absolute atomic E-state index is 0.358. The van der Waals surface area contributed by atoms with E-state index in [-0.39, 0.29) is 6.04 Å². The van der Waals surface area contributed by atoms with E-state index in [1.165, 1.54) is 42.0 Å². The van der Waals surface area contributed by atoms with Gasteiger partial charge in [-0.15, -0.1) is 11.3 Å². The number of nitriles is 1. The van der Waals surface area contributed by atoms with Crippen LogP contribution in [0.5, 0.6) is 0 Å². The van der Waals surface area contributed by atoms with Gasteiger partial charge in [0.25, 0.3) is 0 Å². The predicted octanol–water partition coefficient (Wildman–Crippen LogP) is 9.82. The number of benzene rings is 6. The summed E-state index contributed by atoms with van der Waals surface area (Å²) in [5.41, 5.74) is 14.5. The van der Waals surface area contributed by atoms with Crippen LogP contribution in [-0.2, 0) is 0 Å². The highest BCUT2D eigenvalue weighted by atomic mass is 32.1. The van der Waals surface area contributed by atoms with Crippen LogP contribution in [0.1, 0.15) is 28.3 Å². The molecular formula is C39H26N4S. The van der Waals surface area contributed by atoms with Crippen LogP contribution in [-0.4, -0.2) is 10.8 Å². The Hall–Kier alpha value is -5.54. The molecule has 8 aromatic rings. The molecule has 44 heavy (non-hydrogen) atoms. The zero-order valence-corrected chi connectivity index (χ0v) is 24.5. The van der Waals surface area contributed by atoms with Gasteiger partial charge in [0.15, 0.2) is 0 Å². The molecule has 0 bridgehead atoms. The van der Waals surface area contributed by atoms with Gasteiger partial charge in [0.1, 0.15) is 0 Å². The third-order valence-corrected chi connectivity index (χ3v) is 9.52. The molecule has 0 saturated heterocycles. The van der Waals surface area contributed by atoms with Crippen molar-refractivity contribution in [2.45, 2.75) is 6.04 Å². The first-order valence-electron chi connectivity index (χ1n) is 14.5. The second-order valence-corrected chi connectivity index (χ2v) is 12.0. The van der Waals surface area contributed by atoms with Gasteiger partial charge in [0, 0.05) is 38.1 Å². The molecule has 0 saturated carbocycles. The summed E-state index contributed by atoms with van der Waals surface area (Å²) in [6.07, 6.45) is 1.91. The van der Waals surface area contributed by atoms with Gasteiger partial charge in [-0.1, -0.05) is 91.0 Å². The lowest BCUT2D eigenvalue weighted by Gasteiger charge is -2.15. The van der Waals surface area contributed by atoms with Crippen molar-refractivity contribution in [3.8, 4) is 11.8 Å². The zero-order valence-electron chi connectivity index (χ0n) is 23.7. The highest BCUT2D eigenvalue weighted by Crippen LogP contribution is 2.42. The number of rotatable bonds is 5. The predicted molar refractivity (Wildman–Crippen MR) is 185 cm³/mol. The van der Waals surface area contributed by atoms with Gasteiger partial charge in [-0.25, -0.2) is 0 Å². The van der Waals surface area contributed by atoms with E-state index in [0.717, 1.165) is 28.1 Å². The molecule has 0 aliphatic carbocycles. The number of nitrogens with zero attached hydrogens (tertiary/aromatic N) is 3. The van der Waals surface area contributed by atoms with Gasteiger partial charge in [0.2, 0.25) is 0 Å². The highest BCUT2D eigenvalue weighted by Gasteiger charge is 2.18. The van der Waals surface area contributed by atoms with Crippen LogP contribution < -0.4 is 5.73 Å². The second-order valence-electron chi connectivity index (χ2n) is 10.9. The molecule has 5 heteroatoms. The normalized spacial score (nSPS) is 12.5. The van der Waals surface area contributed by atoms with Crippen molar-refractivity contribution in [1.29, 1.82) is 5.26 Å². The van der Waals surface area contributed by atoms with E-state index in [1.807, 2.05) is 53.9 Å². The number of aromatic nitrogens is 1. The molecule has 4 nitrogen and oxygen atoms in total. The minimum atomic E-state index is -0.358. The molecule has 208 valence electrons. The average molecular weight is 583 g/mol. The molecular weight excluding hydrogens is 557 g/mol. The van der Waals surface area contributed by atoms with Gasteiger partial charge in [0.05, 0.1) is 39.1 Å². The summed E-state index contributed by atoms with van der Waals surface area (Å²) >= 11 is 1.86. The maximum absolute atomic E-state index is 9.17. The second kappa shape index (κ2) is 10.6. The van der Waals surface area contributed by atoms with Crippen LogP contribution in [0.25, 0.3) is 47.7 Å². The number of hydrogen-bond acceptors (Lipinski definition) is 4. The standard InChI is InChI=1S/C39H26N4S/c40-23-25-16-18-27(19-17-25)37(41)33-12-1-4-13-34(33)42-24-26-8-7-9-28(22-26)43-35-14-5-2-10-29(35)31-20-21-32-30-11-3-6-15-36(30)44-39(32)38(31)43/h1-22,24,37H,41H2/b42-24+. The number of fused-ring (bicyclic) bond motifs is 7. The van der Waals surface area contributed by atoms with Crippen LogP contribution in [0.3, 0.4) is 0 Å². The quantitative estimate of drug-likeness (QED) is 0.205. The largest absolute Gasteiger partial charge is 0.320 e. The van der Waals surface area contributed by atoms with Crippen molar-refractivity contribution in [2.24, 2.45) is 10.7 Å². The molecule has 2 N–H and O–H groups in total. The molecule has 0 spiro atoms. The van der Waals surface area contributed by atoms with E-state index in [9.17, 15) is 0 Å². The van der Waals surface area contributed by atoms with Crippen molar-refractivity contribution in [1.82, 2.24) is 4.57 Å². The fraction of sp³-hybridized carbons (Fsp3) is 0.0256. The Kier molecular flexibility index (Phi) is 6.31. The Bertz CT molecular complexity index is 2420. The number of nitrogens with two attached hydrogens (primary N) is 1. The number of aliphatic imine (C=N–C) groups is 1. The molecule has 0 radical (unpaired) electrons. The summed E-state index contributed by atoms with van der Waals surface area (Å²) in [5.74, 6) is 0.